The molecule has 2 aromatic carbocycles. The summed E-state index contributed by atoms with van der Waals surface area (Å²) in [7, 11) is 0. The van der Waals surface area contributed by atoms with E-state index in [2.05, 4.69) is 17.4 Å². The van der Waals surface area contributed by atoms with E-state index in [9.17, 15) is 4.79 Å². The van der Waals surface area contributed by atoms with Crippen molar-refractivity contribution in [3.63, 3.8) is 0 Å². The monoisotopic (exact) mass is 353 g/mol. The highest BCUT2D eigenvalue weighted by Gasteiger charge is 2.16. The van der Waals surface area contributed by atoms with Gasteiger partial charge in [0.05, 0.1) is 6.10 Å². The smallest absolute Gasteiger partial charge is 0.265 e. The Morgan fingerprint density at radius 1 is 0.885 bits per heavy atom. The molecule has 1 amide bonds. The topological polar surface area (TPSA) is 47.6 Å². The zero-order valence-electron chi connectivity index (χ0n) is 15.7. The fourth-order valence-electron chi connectivity index (χ4n) is 3.17. The van der Waals surface area contributed by atoms with Gasteiger partial charge in [0.1, 0.15) is 11.5 Å². The molecule has 3 rings (SSSR count). The van der Waals surface area contributed by atoms with Gasteiger partial charge in [-0.25, -0.2) is 0 Å². The lowest BCUT2D eigenvalue weighted by molar-refractivity contribution is -0.122. The molecule has 4 nitrogen and oxygen atoms in total. The molecule has 1 unspecified atom stereocenters. The number of nitrogens with one attached hydrogen (secondary N) is 1. The lowest BCUT2D eigenvalue weighted by Crippen LogP contribution is -2.30. The van der Waals surface area contributed by atoms with Crippen LogP contribution in [0, 0.1) is 0 Å². The van der Waals surface area contributed by atoms with Crippen LogP contribution in [0.25, 0.3) is 0 Å². The number of hydrogen-bond donors (Lipinski definition) is 1. The van der Waals surface area contributed by atoms with Gasteiger partial charge in [0.15, 0.2) is 6.10 Å². The van der Waals surface area contributed by atoms with Crippen LogP contribution in [0.15, 0.2) is 42.5 Å². The lowest BCUT2D eigenvalue weighted by atomic mass is 9.92. The van der Waals surface area contributed by atoms with Crippen molar-refractivity contribution in [3.05, 3.63) is 53.6 Å². The van der Waals surface area contributed by atoms with Crippen molar-refractivity contribution in [2.24, 2.45) is 0 Å². The van der Waals surface area contributed by atoms with Crippen LogP contribution in [-0.4, -0.2) is 18.1 Å². The number of anilines is 1. The molecule has 0 aliphatic heterocycles. The average molecular weight is 353 g/mol. The number of amides is 1. The first-order valence-electron chi connectivity index (χ1n) is 9.37. The summed E-state index contributed by atoms with van der Waals surface area (Å²) in [6, 6.07) is 13.5. The third kappa shape index (κ3) is 4.78. The molecule has 0 fully saturated rings. The van der Waals surface area contributed by atoms with E-state index in [1.807, 2.05) is 44.2 Å². The molecule has 0 spiro atoms. The van der Waals surface area contributed by atoms with Crippen molar-refractivity contribution in [2.75, 3.05) is 5.32 Å². The maximum absolute atomic E-state index is 12.4. The largest absolute Gasteiger partial charge is 0.491 e. The highest BCUT2D eigenvalue weighted by atomic mass is 16.5. The van der Waals surface area contributed by atoms with Crippen molar-refractivity contribution in [1.29, 1.82) is 0 Å². The molecule has 0 bridgehead atoms. The van der Waals surface area contributed by atoms with Crippen LogP contribution >= 0.6 is 0 Å². The molecule has 138 valence electrons. The van der Waals surface area contributed by atoms with Crippen LogP contribution in [0.5, 0.6) is 11.5 Å². The fraction of sp³-hybridized carbons (Fsp3) is 0.409. The van der Waals surface area contributed by atoms with E-state index < -0.39 is 6.10 Å². The molecule has 2 aromatic rings. The van der Waals surface area contributed by atoms with Crippen LogP contribution in [0.3, 0.4) is 0 Å². The van der Waals surface area contributed by atoms with Crippen LogP contribution in [0.2, 0.25) is 0 Å². The van der Waals surface area contributed by atoms with Gasteiger partial charge in [-0.15, -0.1) is 0 Å². The Kier molecular flexibility index (Phi) is 5.82. The molecule has 1 aliphatic rings. The van der Waals surface area contributed by atoms with Crippen LogP contribution in [0.4, 0.5) is 5.69 Å². The van der Waals surface area contributed by atoms with Crippen molar-refractivity contribution in [2.45, 2.75) is 58.7 Å². The second kappa shape index (κ2) is 8.26. The number of ether oxygens (including phenoxy) is 2. The lowest BCUT2D eigenvalue weighted by Gasteiger charge is -2.19. The zero-order valence-corrected chi connectivity index (χ0v) is 15.7. The van der Waals surface area contributed by atoms with Gasteiger partial charge in [-0.3, -0.25) is 4.79 Å². The number of rotatable bonds is 6. The summed E-state index contributed by atoms with van der Waals surface area (Å²) < 4.78 is 11.5. The fourth-order valence-corrected chi connectivity index (χ4v) is 3.17. The molecule has 0 radical (unpaired) electrons. The minimum Gasteiger partial charge on any atom is -0.491 e. The van der Waals surface area contributed by atoms with Crippen LogP contribution < -0.4 is 14.8 Å². The summed E-state index contributed by atoms with van der Waals surface area (Å²) >= 11 is 0. The van der Waals surface area contributed by atoms with Crippen molar-refractivity contribution in [1.82, 2.24) is 0 Å². The van der Waals surface area contributed by atoms with Gasteiger partial charge < -0.3 is 14.8 Å². The Bertz CT molecular complexity index is 752. The zero-order chi connectivity index (χ0) is 18.5. The molecular formula is C22H27NO3. The highest BCUT2D eigenvalue weighted by molar-refractivity contribution is 5.94. The van der Waals surface area contributed by atoms with Gasteiger partial charge >= 0.3 is 0 Å². The quantitative estimate of drug-likeness (QED) is 0.814. The third-order valence-corrected chi connectivity index (χ3v) is 4.50. The van der Waals surface area contributed by atoms with E-state index in [-0.39, 0.29) is 12.0 Å². The van der Waals surface area contributed by atoms with E-state index >= 15 is 0 Å². The maximum atomic E-state index is 12.4. The van der Waals surface area contributed by atoms with Crippen molar-refractivity contribution in [3.8, 4) is 11.5 Å². The molecule has 0 aromatic heterocycles. The minimum atomic E-state index is -0.566. The molecular weight excluding hydrogens is 326 g/mol. The predicted molar refractivity (Wildman–Crippen MR) is 104 cm³/mol. The van der Waals surface area contributed by atoms with E-state index in [1.165, 1.54) is 24.0 Å². The number of fused-ring (bicyclic) bond motifs is 1. The Morgan fingerprint density at radius 3 is 2.23 bits per heavy atom. The molecule has 0 saturated heterocycles. The molecule has 26 heavy (non-hydrogen) atoms. The van der Waals surface area contributed by atoms with Gasteiger partial charge in [-0.1, -0.05) is 6.07 Å². The summed E-state index contributed by atoms with van der Waals surface area (Å²) in [4.78, 5) is 12.4. The first kappa shape index (κ1) is 18.3. The van der Waals surface area contributed by atoms with Crippen molar-refractivity contribution >= 4 is 11.6 Å². The summed E-state index contributed by atoms with van der Waals surface area (Å²) in [5.41, 5.74) is 3.48. The predicted octanol–water partition coefficient (Wildman–Crippen LogP) is 4.76. The number of hydrogen-bond acceptors (Lipinski definition) is 3. The second-order valence-electron chi connectivity index (χ2n) is 7.08. The number of carbonyl (C=O) groups excluding carboxylic acids is 1. The Morgan fingerprint density at radius 2 is 1.54 bits per heavy atom. The summed E-state index contributed by atoms with van der Waals surface area (Å²) in [6.07, 6.45) is 4.28. The van der Waals surface area contributed by atoms with Crippen molar-refractivity contribution < 1.29 is 14.3 Å². The first-order chi connectivity index (χ1) is 12.5. The minimum absolute atomic E-state index is 0.125. The van der Waals surface area contributed by atoms with Crippen LogP contribution in [0.1, 0.15) is 44.7 Å². The molecule has 4 heteroatoms. The highest BCUT2D eigenvalue weighted by Crippen LogP contribution is 2.26. The van der Waals surface area contributed by atoms with E-state index in [0.717, 1.165) is 30.0 Å². The standard InChI is InChI=1S/C22H27NO3/c1-15(2)25-20-12-9-19(10-13-20)23-22(24)16(3)26-21-11-8-17-6-4-5-7-18(17)14-21/h8-16H,4-7H2,1-3H3,(H,23,24). The molecule has 0 saturated carbocycles. The summed E-state index contributed by atoms with van der Waals surface area (Å²) in [5, 5.41) is 2.89. The number of carbonyl (C=O) groups is 1. The molecule has 1 aliphatic carbocycles. The third-order valence-electron chi connectivity index (χ3n) is 4.50. The van der Waals surface area contributed by atoms with E-state index in [0.29, 0.717) is 0 Å². The number of aryl methyl sites for hydroxylation is 2. The normalized spacial score (nSPS) is 14.5. The van der Waals surface area contributed by atoms with E-state index in [1.54, 1.807) is 6.92 Å². The first-order valence-corrected chi connectivity index (χ1v) is 9.37. The second-order valence-corrected chi connectivity index (χ2v) is 7.08. The number of benzene rings is 2. The van der Waals surface area contributed by atoms with Gasteiger partial charge in [-0.2, -0.15) is 0 Å². The van der Waals surface area contributed by atoms with Gasteiger partial charge in [0, 0.05) is 5.69 Å². The Labute approximate surface area is 155 Å². The molecule has 1 atom stereocenters. The Hall–Kier alpha value is -2.49. The average Bonchev–Trinajstić information content (AvgIpc) is 2.62. The van der Waals surface area contributed by atoms with Crippen LogP contribution in [-0.2, 0) is 17.6 Å². The van der Waals surface area contributed by atoms with Gasteiger partial charge in [0.25, 0.3) is 5.91 Å². The maximum Gasteiger partial charge on any atom is 0.265 e. The van der Waals surface area contributed by atoms with Gasteiger partial charge in [0.2, 0.25) is 0 Å². The SMILES string of the molecule is CC(C)Oc1ccc(NC(=O)C(C)Oc2ccc3c(c2)CCCC3)cc1. The molecule has 0 heterocycles. The van der Waals surface area contributed by atoms with E-state index in [4.69, 9.17) is 9.47 Å². The summed E-state index contributed by atoms with van der Waals surface area (Å²) in [5.74, 6) is 1.38. The van der Waals surface area contributed by atoms with Gasteiger partial charge in [-0.05, 0) is 94.0 Å². The Balaban J connectivity index is 1.57. The molecule has 1 N–H and O–H groups in total. The summed E-state index contributed by atoms with van der Waals surface area (Å²) in [6.45, 7) is 5.73.